The first-order valence-corrected chi connectivity index (χ1v) is 7.57. The molecule has 0 atom stereocenters. The maximum Gasteiger partial charge on any atom is 0.207 e. The van der Waals surface area contributed by atoms with Crippen molar-refractivity contribution < 1.29 is 9.13 Å². The lowest BCUT2D eigenvalue weighted by atomic mass is 10.2. The average Bonchev–Trinajstić information content (AvgIpc) is 2.80. The monoisotopic (exact) mass is 355 g/mol. The van der Waals surface area contributed by atoms with Gasteiger partial charge in [0.05, 0.1) is 15.9 Å². The molecule has 0 fully saturated rings. The zero-order valence-corrected chi connectivity index (χ0v) is 14.0. The van der Waals surface area contributed by atoms with Gasteiger partial charge in [0.2, 0.25) is 5.95 Å². The van der Waals surface area contributed by atoms with Gasteiger partial charge >= 0.3 is 0 Å². The Bertz CT molecular complexity index is 628. The van der Waals surface area contributed by atoms with Gasteiger partial charge in [-0.1, -0.05) is 0 Å². The topological polar surface area (TPSA) is 39.1 Å². The van der Waals surface area contributed by atoms with Crippen LogP contribution < -0.4 is 5.32 Å². The molecule has 0 spiro atoms. The second-order valence-electron chi connectivity index (χ2n) is 4.90. The van der Waals surface area contributed by atoms with Gasteiger partial charge in [-0.3, -0.25) is 4.57 Å². The molecule has 0 amide bonds. The maximum absolute atomic E-state index is 13.6. The highest BCUT2D eigenvalue weighted by molar-refractivity contribution is 9.10. The molecule has 1 N–H and O–H groups in total. The second kappa shape index (κ2) is 7.04. The largest absolute Gasteiger partial charge is 0.385 e. The Morgan fingerprint density at radius 2 is 2.14 bits per heavy atom. The van der Waals surface area contributed by atoms with Gasteiger partial charge < -0.3 is 10.1 Å². The van der Waals surface area contributed by atoms with Crippen molar-refractivity contribution in [3.8, 4) is 5.69 Å². The number of rotatable bonds is 6. The Morgan fingerprint density at radius 1 is 1.38 bits per heavy atom. The molecular formula is C15H19BrFN3O. The van der Waals surface area contributed by atoms with E-state index >= 15 is 0 Å². The van der Waals surface area contributed by atoms with E-state index in [1.54, 1.807) is 13.2 Å². The number of benzene rings is 1. The highest BCUT2D eigenvalue weighted by Crippen LogP contribution is 2.26. The SMILES string of the molecule is COCCCNc1nc(C)cn1-c1cc(Br)c(F)cc1C. The molecule has 1 aromatic carbocycles. The number of nitrogens with zero attached hydrogens (tertiary/aromatic N) is 2. The summed E-state index contributed by atoms with van der Waals surface area (Å²) in [5, 5.41) is 3.29. The number of aromatic nitrogens is 2. The Kier molecular flexibility index (Phi) is 5.36. The van der Waals surface area contributed by atoms with Gasteiger partial charge in [0.1, 0.15) is 5.82 Å². The molecular weight excluding hydrogens is 337 g/mol. The summed E-state index contributed by atoms with van der Waals surface area (Å²) < 4.78 is 21.0. The quantitative estimate of drug-likeness (QED) is 0.800. The summed E-state index contributed by atoms with van der Waals surface area (Å²) in [5.41, 5.74) is 2.66. The van der Waals surface area contributed by atoms with Crippen LogP contribution >= 0.6 is 15.9 Å². The van der Waals surface area contributed by atoms with E-state index in [0.717, 1.165) is 35.9 Å². The van der Waals surface area contributed by atoms with Crippen LogP contribution in [0.4, 0.5) is 10.3 Å². The van der Waals surface area contributed by atoms with Crippen molar-refractivity contribution in [1.82, 2.24) is 9.55 Å². The molecule has 1 heterocycles. The highest BCUT2D eigenvalue weighted by atomic mass is 79.9. The lowest BCUT2D eigenvalue weighted by molar-refractivity contribution is 0.197. The van der Waals surface area contributed by atoms with Crippen LogP contribution in [0.1, 0.15) is 17.7 Å². The third-order valence-corrected chi connectivity index (χ3v) is 3.74. The minimum Gasteiger partial charge on any atom is -0.385 e. The zero-order chi connectivity index (χ0) is 15.4. The molecule has 1 aromatic heterocycles. The van der Waals surface area contributed by atoms with Crippen LogP contribution in [0.2, 0.25) is 0 Å². The summed E-state index contributed by atoms with van der Waals surface area (Å²) >= 11 is 3.24. The van der Waals surface area contributed by atoms with Gasteiger partial charge in [0, 0.05) is 26.5 Å². The predicted octanol–water partition coefficient (Wildman–Crippen LogP) is 3.84. The molecule has 114 valence electrons. The Hall–Kier alpha value is -1.40. The van der Waals surface area contributed by atoms with Crippen molar-refractivity contribution in [1.29, 1.82) is 0 Å². The first kappa shape index (κ1) is 16.0. The smallest absolute Gasteiger partial charge is 0.207 e. The van der Waals surface area contributed by atoms with Crippen LogP contribution in [-0.4, -0.2) is 29.8 Å². The number of nitrogens with one attached hydrogen (secondary N) is 1. The van der Waals surface area contributed by atoms with Crippen molar-refractivity contribution in [3.05, 3.63) is 39.9 Å². The van der Waals surface area contributed by atoms with E-state index in [0.29, 0.717) is 11.1 Å². The van der Waals surface area contributed by atoms with E-state index in [9.17, 15) is 4.39 Å². The molecule has 2 aromatic rings. The number of hydrogen-bond acceptors (Lipinski definition) is 3. The summed E-state index contributed by atoms with van der Waals surface area (Å²) in [5.74, 6) is 0.493. The fourth-order valence-corrected chi connectivity index (χ4v) is 2.45. The normalized spacial score (nSPS) is 10.9. The molecule has 6 heteroatoms. The van der Waals surface area contributed by atoms with Crippen molar-refractivity contribution in [3.63, 3.8) is 0 Å². The van der Waals surface area contributed by atoms with Crippen LogP contribution in [0.3, 0.4) is 0 Å². The summed E-state index contributed by atoms with van der Waals surface area (Å²) in [6, 6.07) is 3.29. The zero-order valence-electron chi connectivity index (χ0n) is 12.4. The van der Waals surface area contributed by atoms with Gasteiger partial charge in [-0.15, -0.1) is 0 Å². The van der Waals surface area contributed by atoms with Gasteiger partial charge in [0.25, 0.3) is 0 Å². The highest BCUT2D eigenvalue weighted by Gasteiger charge is 2.12. The molecule has 0 saturated carbocycles. The molecule has 0 saturated heterocycles. The van der Waals surface area contributed by atoms with Crippen molar-refractivity contribution in [2.45, 2.75) is 20.3 Å². The molecule has 2 rings (SSSR count). The van der Waals surface area contributed by atoms with E-state index in [2.05, 4.69) is 26.2 Å². The predicted molar refractivity (Wildman–Crippen MR) is 85.7 cm³/mol. The standard InChI is InChI=1S/C15H19BrFN3O/c1-10-7-13(17)12(16)8-14(10)20-9-11(2)19-15(20)18-5-4-6-21-3/h7-9H,4-6H2,1-3H3,(H,18,19). The second-order valence-corrected chi connectivity index (χ2v) is 5.76. The Morgan fingerprint density at radius 3 is 2.86 bits per heavy atom. The first-order chi connectivity index (χ1) is 10.0. The third kappa shape index (κ3) is 3.83. The average molecular weight is 356 g/mol. The number of methoxy groups -OCH3 is 1. The third-order valence-electron chi connectivity index (χ3n) is 3.13. The lowest BCUT2D eigenvalue weighted by Gasteiger charge is -2.13. The van der Waals surface area contributed by atoms with E-state index in [-0.39, 0.29) is 5.82 Å². The summed E-state index contributed by atoms with van der Waals surface area (Å²) in [6.45, 7) is 5.29. The van der Waals surface area contributed by atoms with Crippen molar-refractivity contribution in [2.75, 3.05) is 25.6 Å². The lowest BCUT2D eigenvalue weighted by Crippen LogP contribution is -2.10. The van der Waals surface area contributed by atoms with E-state index in [1.807, 2.05) is 24.6 Å². The minimum absolute atomic E-state index is 0.261. The molecule has 0 radical (unpaired) electrons. The molecule has 4 nitrogen and oxygen atoms in total. The van der Waals surface area contributed by atoms with Crippen molar-refractivity contribution in [2.24, 2.45) is 0 Å². The van der Waals surface area contributed by atoms with Crippen molar-refractivity contribution >= 4 is 21.9 Å². The number of hydrogen-bond donors (Lipinski definition) is 1. The van der Waals surface area contributed by atoms with Crippen LogP contribution in [0.25, 0.3) is 5.69 Å². The van der Waals surface area contributed by atoms with Gasteiger partial charge in [-0.2, -0.15) is 0 Å². The van der Waals surface area contributed by atoms with E-state index in [1.165, 1.54) is 6.07 Å². The summed E-state index contributed by atoms with van der Waals surface area (Å²) in [4.78, 5) is 4.48. The fourth-order valence-electron chi connectivity index (χ4n) is 2.12. The molecule has 0 aliphatic heterocycles. The molecule has 0 bridgehead atoms. The van der Waals surface area contributed by atoms with Crippen LogP contribution in [0.15, 0.2) is 22.8 Å². The summed E-state index contributed by atoms with van der Waals surface area (Å²) in [6.07, 6.45) is 2.83. The van der Waals surface area contributed by atoms with Gasteiger partial charge in [0.15, 0.2) is 0 Å². The van der Waals surface area contributed by atoms with Gasteiger partial charge in [-0.05, 0) is 53.9 Å². The molecule has 0 unspecified atom stereocenters. The summed E-state index contributed by atoms with van der Waals surface area (Å²) in [7, 11) is 1.69. The number of aryl methyl sites for hydroxylation is 2. The molecule has 0 aliphatic carbocycles. The number of imidazole rings is 1. The number of halogens is 2. The van der Waals surface area contributed by atoms with E-state index < -0.39 is 0 Å². The molecule has 21 heavy (non-hydrogen) atoms. The van der Waals surface area contributed by atoms with Crippen LogP contribution in [0, 0.1) is 19.7 Å². The van der Waals surface area contributed by atoms with Crippen LogP contribution in [-0.2, 0) is 4.74 Å². The van der Waals surface area contributed by atoms with Crippen LogP contribution in [0.5, 0.6) is 0 Å². The minimum atomic E-state index is -0.261. The number of ether oxygens (including phenoxy) is 1. The first-order valence-electron chi connectivity index (χ1n) is 6.77. The number of anilines is 1. The fraction of sp³-hybridized carbons (Fsp3) is 0.400. The van der Waals surface area contributed by atoms with Gasteiger partial charge in [-0.25, -0.2) is 9.37 Å². The Balaban J connectivity index is 2.29. The van der Waals surface area contributed by atoms with E-state index in [4.69, 9.17) is 4.74 Å². The maximum atomic E-state index is 13.6. The molecule has 0 aliphatic rings. The Labute approximate surface area is 132 Å².